The second-order valence-corrected chi connectivity index (χ2v) is 3.51. The van der Waals surface area contributed by atoms with E-state index in [1.165, 1.54) is 6.42 Å². The monoisotopic (exact) mass is 186 g/mol. The minimum atomic E-state index is 1.02. The first-order valence-corrected chi connectivity index (χ1v) is 5.39. The minimum absolute atomic E-state index is 1.02. The van der Waals surface area contributed by atoms with Crippen LogP contribution in [0.15, 0.2) is 36.0 Å². The average molecular weight is 186 g/mol. The van der Waals surface area contributed by atoms with E-state index in [1.807, 2.05) is 0 Å². The standard InChI is InChI=1S/C14H18/c1-2-14-12-10-8-6-4-3-5-7-9-11-13-14/h1,4,6-7,9,12H,3,5,8,10-11,13H2/b6-4-,9-7-,14-12-. The summed E-state index contributed by atoms with van der Waals surface area (Å²) in [6.45, 7) is 0. The van der Waals surface area contributed by atoms with E-state index in [-0.39, 0.29) is 0 Å². The molecule has 0 bridgehead atoms. The number of rotatable bonds is 0. The third-order valence-electron chi connectivity index (χ3n) is 2.32. The van der Waals surface area contributed by atoms with Crippen LogP contribution in [0.3, 0.4) is 0 Å². The molecule has 0 nitrogen and oxygen atoms in total. The molecule has 0 spiro atoms. The molecular formula is C14H18. The van der Waals surface area contributed by atoms with Gasteiger partial charge in [-0.2, -0.15) is 0 Å². The molecule has 0 heterocycles. The largest absolute Gasteiger partial charge is 0.115 e. The predicted molar refractivity (Wildman–Crippen MR) is 62.9 cm³/mol. The predicted octanol–water partition coefficient (Wildman–Crippen LogP) is 4.01. The van der Waals surface area contributed by atoms with E-state index >= 15 is 0 Å². The molecule has 0 fully saturated rings. The van der Waals surface area contributed by atoms with Crippen molar-refractivity contribution in [2.75, 3.05) is 0 Å². The SMILES string of the molecule is C#C/C1=C/CC/C=C\CC/C=C\CC1. The first-order chi connectivity index (χ1) is 6.93. The molecule has 0 aromatic heterocycles. The summed E-state index contributed by atoms with van der Waals surface area (Å²) in [4.78, 5) is 0. The number of allylic oxidation sites excluding steroid dienone is 6. The van der Waals surface area contributed by atoms with Gasteiger partial charge in [0.2, 0.25) is 0 Å². The van der Waals surface area contributed by atoms with Crippen LogP contribution in [0.5, 0.6) is 0 Å². The van der Waals surface area contributed by atoms with Gasteiger partial charge in [-0.3, -0.25) is 0 Å². The van der Waals surface area contributed by atoms with Gasteiger partial charge in [-0.1, -0.05) is 36.3 Å². The molecule has 1 rings (SSSR count). The van der Waals surface area contributed by atoms with Crippen molar-refractivity contribution in [1.82, 2.24) is 0 Å². The fourth-order valence-corrected chi connectivity index (χ4v) is 1.49. The Morgan fingerprint density at radius 2 is 1.43 bits per heavy atom. The first kappa shape index (κ1) is 10.9. The van der Waals surface area contributed by atoms with Crippen LogP contribution in [0.25, 0.3) is 0 Å². The highest BCUT2D eigenvalue weighted by Crippen LogP contribution is 2.09. The topological polar surface area (TPSA) is 0 Å². The van der Waals surface area contributed by atoms with E-state index in [0.29, 0.717) is 0 Å². The van der Waals surface area contributed by atoms with Crippen LogP contribution in [0.2, 0.25) is 0 Å². The van der Waals surface area contributed by atoms with Crippen LogP contribution in [0.4, 0.5) is 0 Å². The lowest BCUT2D eigenvalue weighted by atomic mass is 10.1. The van der Waals surface area contributed by atoms with E-state index in [4.69, 9.17) is 6.42 Å². The number of hydrogen-bond donors (Lipinski definition) is 0. The summed E-state index contributed by atoms with van der Waals surface area (Å²) >= 11 is 0. The first-order valence-electron chi connectivity index (χ1n) is 5.39. The van der Waals surface area contributed by atoms with Crippen molar-refractivity contribution >= 4 is 0 Å². The van der Waals surface area contributed by atoms with Crippen LogP contribution < -0.4 is 0 Å². The smallest absolute Gasteiger partial charge is 0.00191 e. The minimum Gasteiger partial charge on any atom is -0.115 e. The van der Waals surface area contributed by atoms with Gasteiger partial charge in [0.05, 0.1) is 0 Å². The van der Waals surface area contributed by atoms with Crippen molar-refractivity contribution in [3.8, 4) is 12.3 Å². The van der Waals surface area contributed by atoms with Crippen molar-refractivity contribution in [1.29, 1.82) is 0 Å². The summed E-state index contributed by atoms with van der Waals surface area (Å²) in [6.07, 6.45) is 23.3. The summed E-state index contributed by atoms with van der Waals surface area (Å²) in [5, 5.41) is 0. The molecule has 1 aliphatic rings. The van der Waals surface area contributed by atoms with E-state index in [9.17, 15) is 0 Å². The van der Waals surface area contributed by atoms with E-state index < -0.39 is 0 Å². The highest BCUT2D eigenvalue weighted by molar-refractivity contribution is 5.25. The van der Waals surface area contributed by atoms with Crippen LogP contribution in [-0.4, -0.2) is 0 Å². The summed E-state index contributed by atoms with van der Waals surface area (Å²) in [7, 11) is 0. The third kappa shape index (κ3) is 4.72. The van der Waals surface area contributed by atoms with Crippen molar-refractivity contribution < 1.29 is 0 Å². The van der Waals surface area contributed by atoms with E-state index in [1.54, 1.807) is 0 Å². The molecule has 74 valence electrons. The normalized spacial score (nSPS) is 27.2. The molecule has 0 amide bonds. The highest BCUT2D eigenvalue weighted by atomic mass is 14.0. The Balaban J connectivity index is 2.52. The quantitative estimate of drug-likeness (QED) is 0.396. The zero-order chi connectivity index (χ0) is 10.1. The molecule has 0 aliphatic heterocycles. The summed E-state index contributed by atoms with van der Waals surface area (Å²) in [5.74, 6) is 2.76. The zero-order valence-corrected chi connectivity index (χ0v) is 8.71. The molecular weight excluding hydrogens is 168 g/mol. The molecule has 1 aliphatic carbocycles. The Morgan fingerprint density at radius 3 is 2.07 bits per heavy atom. The molecule has 0 saturated heterocycles. The van der Waals surface area contributed by atoms with Gasteiger partial charge < -0.3 is 0 Å². The molecule has 14 heavy (non-hydrogen) atoms. The average Bonchev–Trinajstić information content (AvgIpc) is 2.19. The van der Waals surface area contributed by atoms with Gasteiger partial charge in [-0.05, 0) is 44.1 Å². The maximum Gasteiger partial charge on any atom is -0.00191 e. The van der Waals surface area contributed by atoms with Crippen LogP contribution in [0.1, 0.15) is 38.5 Å². The maximum atomic E-state index is 5.42. The second-order valence-electron chi connectivity index (χ2n) is 3.51. The molecule has 0 atom stereocenters. The van der Waals surface area contributed by atoms with Crippen molar-refractivity contribution in [2.45, 2.75) is 38.5 Å². The van der Waals surface area contributed by atoms with Crippen molar-refractivity contribution in [2.24, 2.45) is 0 Å². The van der Waals surface area contributed by atoms with Gasteiger partial charge in [0, 0.05) is 0 Å². The summed E-state index contributed by atoms with van der Waals surface area (Å²) in [6, 6.07) is 0. The molecule has 0 aromatic carbocycles. The molecule has 0 unspecified atom stereocenters. The molecule has 0 heteroatoms. The lowest BCUT2D eigenvalue weighted by Crippen LogP contribution is -1.80. The highest BCUT2D eigenvalue weighted by Gasteiger charge is 1.91. The molecule has 0 radical (unpaired) electrons. The molecule has 0 aromatic rings. The van der Waals surface area contributed by atoms with Gasteiger partial charge in [0.1, 0.15) is 0 Å². The zero-order valence-electron chi connectivity index (χ0n) is 8.71. The Kier molecular flexibility index (Phi) is 5.59. The van der Waals surface area contributed by atoms with Gasteiger partial charge in [0.25, 0.3) is 0 Å². The fourth-order valence-electron chi connectivity index (χ4n) is 1.49. The van der Waals surface area contributed by atoms with Crippen LogP contribution in [0, 0.1) is 12.3 Å². The lowest BCUT2D eigenvalue weighted by Gasteiger charge is -1.98. The number of terminal acetylenes is 1. The summed E-state index contributed by atoms with van der Waals surface area (Å²) < 4.78 is 0. The van der Waals surface area contributed by atoms with Crippen LogP contribution in [-0.2, 0) is 0 Å². The Labute approximate surface area is 87.4 Å². The summed E-state index contributed by atoms with van der Waals surface area (Å²) in [5.41, 5.74) is 1.16. The van der Waals surface area contributed by atoms with Gasteiger partial charge in [-0.15, -0.1) is 6.42 Å². The van der Waals surface area contributed by atoms with E-state index in [2.05, 4.69) is 36.3 Å². The fraction of sp³-hybridized carbons (Fsp3) is 0.429. The number of hydrogen-bond acceptors (Lipinski definition) is 0. The van der Waals surface area contributed by atoms with Gasteiger partial charge in [-0.25, -0.2) is 0 Å². The van der Waals surface area contributed by atoms with Crippen molar-refractivity contribution in [3.05, 3.63) is 36.0 Å². The Bertz CT molecular complexity index is 271. The molecule has 0 N–H and O–H groups in total. The van der Waals surface area contributed by atoms with Crippen LogP contribution >= 0.6 is 0 Å². The maximum absolute atomic E-state index is 5.42. The Hall–Kier alpha value is -1.22. The van der Waals surface area contributed by atoms with Gasteiger partial charge >= 0.3 is 0 Å². The second kappa shape index (κ2) is 7.21. The molecule has 0 saturated carbocycles. The third-order valence-corrected chi connectivity index (χ3v) is 2.32. The van der Waals surface area contributed by atoms with Gasteiger partial charge in [0.15, 0.2) is 0 Å². The Morgan fingerprint density at radius 1 is 0.857 bits per heavy atom. The lowest BCUT2D eigenvalue weighted by molar-refractivity contribution is 0.944. The van der Waals surface area contributed by atoms with E-state index in [0.717, 1.165) is 37.7 Å². The van der Waals surface area contributed by atoms with Crippen molar-refractivity contribution in [3.63, 3.8) is 0 Å².